The minimum absolute atomic E-state index is 0.0492. The number of allylic oxidation sites excluding steroid dienone is 1. The Hall–Kier alpha value is -2.12. The molecule has 0 bridgehead atoms. The highest BCUT2D eigenvalue weighted by molar-refractivity contribution is 9.10. The number of carbonyl (C=O) groups excluding carboxylic acids is 4. The number of Topliss-reactive ketones (excluding diaryl/α,β-unsaturated/α-hetero) is 2. The first-order chi connectivity index (χ1) is 18.3. The Balaban J connectivity index is 1.26. The molecule has 5 aliphatic rings. The average molecular weight is 597 g/mol. The van der Waals surface area contributed by atoms with Crippen LogP contribution < -0.4 is 4.90 Å². The summed E-state index contributed by atoms with van der Waals surface area (Å²) in [6.07, 6.45) is 6.24. The lowest BCUT2D eigenvalue weighted by Gasteiger charge is -2.57. The molecule has 0 saturated heterocycles. The summed E-state index contributed by atoms with van der Waals surface area (Å²) >= 11 is 3.52. The van der Waals surface area contributed by atoms with Gasteiger partial charge in [-0.15, -0.1) is 0 Å². The monoisotopic (exact) mass is 595 g/mol. The van der Waals surface area contributed by atoms with Crippen LogP contribution in [0.25, 0.3) is 0 Å². The van der Waals surface area contributed by atoms with E-state index in [0.717, 1.165) is 40.6 Å². The van der Waals surface area contributed by atoms with Crippen molar-refractivity contribution in [2.24, 2.45) is 28.6 Å². The van der Waals surface area contributed by atoms with E-state index >= 15 is 0 Å². The van der Waals surface area contributed by atoms with Crippen LogP contribution in [0.4, 0.5) is 5.69 Å². The molecule has 1 aromatic carbocycles. The molecule has 3 fully saturated rings. The zero-order chi connectivity index (χ0) is 28.1. The van der Waals surface area contributed by atoms with Crippen LogP contribution in [0, 0.1) is 28.6 Å². The minimum Gasteiger partial charge on any atom is -0.381 e. The van der Waals surface area contributed by atoms with Crippen LogP contribution in [0.5, 0.6) is 0 Å². The molecule has 1 aromatic rings. The molecule has 0 radical (unpaired) electrons. The molecule has 1 amide bonds. The fraction of sp³-hybridized carbons (Fsp3) is 0.625. The molecular formula is C32H38BrNO5. The Morgan fingerprint density at radius 2 is 1.85 bits per heavy atom. The van der Waals surface area contributed by atoms with E-state index in [-0.39, 0.29) is 59.3 Å². The van der Waals surface area contributed by atoms with Gasteiger partial charge in [-0.3, -0.25) is 19.2 Å². The van der Waals surface area contributed by atoms with E-state index in [9.17, 15) is 24.3 Å². The minimum atomic E-state index is -1.58. The Bertz CT molecular complexity index is 1350. The maximum absolute atomic E-state index is 13.9. The second kappa shape index (κ2) is 8.69. The highest BCUT2D eigenvalue weighted by atomic mass is 79.9. The zero-order valence-corrected chi connectivity index (χ0v) is 24.9. The predicted octanol–water partition coefficient (Wildman–Crippen LogP) is 5.47. The van der Waals surface area contributed by atoms with Gasteiger partial charge in [0.2, 0.25) is 5.91 Å². The first-order valence-electron chi connectivity index (χ1n) is 14.4. The predicted molar refractivity (Wildman–Crippen MR) is 151 cm³/mol. The van der Waals surface area contributed by atoms with Gasteiger partial charge in [0.25, 0.3) is 0 Å². The number of ketones is 3. The van der Waals surface area contributed by atoms with Gasteiger partial charge >= 0.3 is 0 Å². The summed E-state index contributed by atoms with van der Waals surface area (Å²) in [5.74, 6) is 0.0354. The SMILES string of the molecule is CN1C(=O)[C@@](C)(CCC(=O)[C@@]2(O)CC[C@H]3[C@@H]4CCC5=CC(=O)CC[C@]5(C)[C@H]4C(=O)C[C@@]32C)c2cc(Br)ccc21. The maximum atomic E-state index is 13.9. The molecule has 4 aliphatic carbocycles. The normalized spacial score (nSPS) is 41.1. The van der Waals surface area contributed by atoms with Crippen LogP contribution >= 0.6 is 15.9 Å². The van der Waals surface area contributed by atoms with Crippen molar-refractivity contribution in [3.05, 3.63) is 39.9 Å². The molecule has 208 valence electrons. The molecule has 6 rings (SSSR count). The van der Waals surface area contributed by atoms with Crippen molar-refractivity contribution in [2.75, 3.05) is 11.9 Å². The van der Waals surface area contributed by atoms with Crippen molar-refractivity contribution in [1.29, 1.82) is 0 Å². The lowest BCUT2D eigenvalue weighted by Crippen LogP contribution is -2.60. The van der Waals surface area contributed by atoms with Gasteiger partial charge in [-0.1, -0.05) is 35.4 Å². The standard InChI is InChI=1S/C32H38BrNO5/c1-29-12-9-20(35)15-18(29)5-7-21-22-10-14-32(39,31(22,3)17-25(36)27(21)29)26(37)11-13-30(2)23-16-19(33)6-8-24(23)34(4)28(30)38/h6,8,15-16,21-22,27,39H,5,7,9-14,17H2,1-4H3/t21-,22-,27+,29-,30-,31-,32-/m0/s1. The van der Waals surface area contributed by atoms with E-state index < -0.39 is 16.4 Å². The number of amides is 1. The van der Waals surface area contributed by atoms with Crippen LogP contribution in [0.1, 0.15) is 84.1 Å². The molecule has 39 heavy (non-hydrogen) atoms. The van der Waals surface area contributed by atoms with Gasteiger partial charge < -0.3 is 10.0 Å². The van der Waals surface area contributed by atoms with E-state index in [1.54, 1.807) is 18.0 Å². The largest absolute Gasteiger partial charge is 0.381 e. The summed E-state index contributed by atoms with van der Waals surface area (Å²) in [7, 11) is 1.76. The van der Waals surface area contributed by atoms with Gasteiger partial charge in [0.1, 0.15) is 11.4 Å². The number of hydrogen-bond acceptors (Lipinski definition) is 5. The molecule has 7 atom stereocenters. The molecule has 1 heterocycles. The Morgan fingerprint density at radius 1 is 1.10 bits per heavy atom. The zero-order valence-electron chi connectivity index (χ0n) is 23.3. The van der Waals surface area contributed by atoms with Gasteiger partial charge in [0.05, 0.1) is 5.41 Å². The first kappa shape index (κ1) is 27.1. The highest BCUT2D eigenvalue weighted by Crippen LogP contribution is 2.67. The van der Waals surface area contributed by atoms with Gasteiger partial charge in [0.15, 0.2) is 11.6 Å². The van der Waals surface area contributed by atoms with Gasteiger partial charge in [-0.25, -0.2) is 0 Å². The summed E-state index contributed by atoms with van der Waals surface area (Å²) in [6, 6.07) is 5.77. The number of anilines is 1. The van der Waals surface area contributed by atoms with E-state index in [1.807, 2.05) is 32.0 Å². The fourth-order valence-corrected chi connectivity index (χ4v) is 9.86. The average Bonchev–Trinajstić information content (AvgIpc) is 3.26. The van der Waals surface area contributed by atoms with Gasteiger partial charge in [0, 0.05) is 47.8 Å². The lowest BCUT2D eigenvalue weighted by atomic mass is 9.45. The molecule has 0 spiro atoms. The van der Waals surface area contributed by atoms with Crippen LogP contribution in [0.15, 0.2) is 34.3 Å². The maximum Gasteiger partial charge on any atom is 0.237 e. The smallest absolute Gasteiger partial charge is 0.237 e. The fourth-order valence-electron chi connectivity index (χ4n) is 9.49. The molecule has 7 heteroatoms. The third-order valence-electron chi connectivity index (χ3n) is 11.8. The Morgan fingerprint density at radius 3 is 2.59 bits per heavy atom. The Labute approximate surface area is 238 Å². The van der Waals surface area contributed by atoms with Crippen molar-refractivity contribution in [2.45, 2.75) is 89.6 Å². The third kappa shape index (κ3) is 3.54. The van der Waals surface area contributed by atoms with Gasteiger partial charge in [-0.05, 0) is 92.5 Å². The number of halogens is 1. The highest BCUT2D eigenvalue weighted by Gasteiger charge is 2.68. The summed E-state index contributed by atoms with van der Waals surface area (Å²) < 4.78 is 0.878. The van der Waals surface area contributed by atoms with Crippen molar-refractivity contribution in [1.82, 2.24) is 0 Å². The first-order valence-corrected chi connectivity index (χ1v) is 15.2. The number of carbonyl (C=O) groups is 4. The number of nitrogens with zero attached hydrogens (tertiary/aromatic N) is 1. The van der Waals surface area contributed by atoms with Crippen LogP contribution in [0.2, 0.25) is 0 Å². The number of benzene rings is 1. The summed E-state index contributed by atoms with van der Waals surface area (Å²) in [6.45, 7) is 6.00. The van der Waals surface area contributed by atoms with E-state index in [4.69, 9.17) is 0 Å². The van der Waals surface area contributed by atoms with Crippen molar-refractivity contribution in [3.63, 3.8) is 0 Å². The van der Waals surface area contributed by atoms with Crippen molar-refractivity contribution < 1.29 is 24.3 Å². The number of fused-ring (bicyclic) bond motifs is 6. The number of rotatable bonds is 4. The second-order valence-corrected chi connectivity index (χ2v) is 14.5. The molecule has 1 aliphatic heterocycles. The number of likely N-dealkylation sites (N-methyl/N-ethyl adjacent to an activating group) is 1. The molecular weight excluding hydrogens is 558 g/mol. The van der Waals surface area contributed by atoms with Crippen LogP contribution in [-0.4, -0.2) is 41.0 Å². The summed E-state index contributed by atoms with van der Waals surface area (Å²) in [5.41, 5.74) is -0.702. The third-order valence-corrected chi connectivity index (χ3v) is 12.3. The van der Waals surface area contributed by atoms with Crippen molar-refractivity contribution >= 4 is 44.9 Å². The molecule has 1 N–H and O–H groups in total. The van der Waals surface area contributed by atoms with Crippen LogP contribution in [-0.2, 0) is 24.6 Å². The van der Waals surface area contributed by atoms with E-state index in [2.05, 4.69) is 22.9 Å². The molecule has 3 saturated carbocycles. The van der Waals surface area contributed by atoms with Gasteiger partial charge in [-0.2, -0.15) is 0 Å². The molecule has 6 nitrogen and oxygen atoms in total. The molecule has 0 aromatic heterocycles. The van der Waals surface area contributed by atoms with Crippen LogP contribution in [0.3, 0.4) is 0 Å². The number of hydrogen-bond donors (Lipinski definition) is 1. The second-order valence-electron chi connectivity index (χ2n) is 13.6. The quantitative estimate of drug-likeness (QED) is 0.498. The lowest BCUT2D eigenvalue weighted by molar-refractivity contribution is -0.169. The van der Waals surface area contributed by atoms with Crippen molar-refractivity contribution in [3.8, 4) is 0 Å². The van der Waals surface area contributed by atoms with E-state index in [0.29, 0.717) is 25.7 Å². The van der Waals surface area contributed by atoms with E-state index in [1.165, 1.54) is 0 Å². The summed E-state index contributed by atoms with van der Waals surface area (Å²) in [5, 5.41) is 12.1. The summed E-state index contributed by atoms with van der Waals surface area (Å²) in [4.78, 5) is 55.0. The number of aliphatic hydroxyl groups is 1. The topological polar surface area (TPSA) is 91.8 Å². The Kier molecular flexibility index (Phi) is 6.03. The molecule has 0 unspecified atom stereocenters.